The van der Waals surface area contributed by atoms with Gasteiger partial charge in [0.1, 0.15) is 12.4 Å². The summed E-state index contributed by atoms with van der Waals surface area (Å²) in [5.74, 6) is 1.07. The fourth-order valence-corrected chi connectivity index (χ4v) is 1.48. The molecule has 0 aromatic heterocycles. The molecule has 1 rings (SSSR count). The van der Waals surface area contributed by atoms with Crippen molar-refractivity contribution in [1.29, 1.82) is 0 Å². The molecule has 0 heterocycles. The largest absolute Gasteiger partial charge is 0.486 e. The van der Waals surface area contributed by atoms with E-state index in [0.717, 1.165) is 17.7 Å². The van der Waals surface area contributed by atoms with Gasteiger partial charge in [-0.3, -0.25) is 4.79 Å². The first-order chi connectivity index (χ1) is 7.54. The molecule has 1 atom stereocenters. The van der Waals surface area contributed by atoms with Crippen molar-refractivity contribution in [2.75, 3.05) is 6.61 Å². The van der Waals surface area contributed by atoms with E-state index >= 15 is 0 Å². The summed E-state index contributed by atoms with van der Waals surface area (Å²) >= 11 is 0. The monoisotopic (exact) mass is 220 g/mol. The van der Waals surface area contributed by atoms with E-state index in [1.165, 1.54) is 5.56 Å². The summed E-state index contributed by atoms with van der Waals surface area (Å²) in [7, 11) is 0. The summed E-state index contributed by atoms with van der Waals surface area (Å²) in [5.41, 5.74) is 2.29. The third-order valence-corrected chi connectivity index (χ3v) is 2.86. The highest BCUT2D eigenvalue weighted by atomic mass is 16.5. The van der Waals surface area contributed by atoms with Crippen LogP contribution in [0.1, 0.15) is 31.4 Å². The lowest BCUT2D eigenvalue weighted by Crippen LogP contribution is -2.18. The Labute approximate surface area is 97.6 Å². The van der Waals surface area contributed by atoms with Crippen LogP contribution in [0.4, 0.5) is 0 Å². The molecule has 16 heavy (non-hydrogen) atoms. The van der Waals surface area contributed by atoms with E-state index in [9.17, 15) is 4.79 Å². The van der Waals surface area contributed by atoms with Crippen LogP contribution >= 0.6 is 0 Å². The second-order valence-corrected chi connectivity index (χ2v) is 4.33. The van der Waals surface area contributed by atoms with Crippen molar-refractivity contribution in [2.45, 2.75) is 34.1 Å². The first kappa shape index (κ1) is 12.8. The lowest BCUT2D eigenvalue weighted by atomic mass is 10.0. The van der Waals surface area contributed by atoms with Crippen LogP contribution in [0, 0.1) is 19.8 Å². The van der Waals surface area contributed by atoms with E-state index in [1.54, 1.807) is 0 Å². The number of Topliss-reactive ketones (excluding diaryl/α,β-unsaturated/α-hetero) is 1. The van der Waals surface area contributed by atoms with Gasteiger partial charge in [0, 0.05) is 5.92 Å². The highest BCUT2D eigenvalue weighted by Gasteiger charge is 2.11. The van der Waals surface area contributed by atoms with Gasteiger partial charge in [0.15, 0.2) is 5.78 Å². The van der Waals surface area contributed by atoms with Crippen molar-refractivity contribution in [3.63, 3.8) is 0 Å². The summed E-state index contributed by atoms with van der Waals surface area (Å²) in [4.78, 5) is 11.6. The van der Waals surface area contributed by atoms with E-state index in [4.69, 9.17) is 4.74 Å². The highest BCUT2D eigenvalue weighted by Crippen LogP contribution is 2.19. The van der Waals surface area contributed by atoms with E-state index in [-0.39, 0.29) is 18.3 Å². The summed E-state index contributed by atoms with van der Waals surface area (Å²) in [6, 6.07) is 5.98. The minimum atomic E-state index is 0.0887. The molecule has 2 nitrogen and oxygen atoms in total. The Hall–Kier alpha value is -1.31. The predicted molar refractivity (Wildman–Crippen MR) is 65.9 cm³/mol. The highest BCUT2D eigenvalue weighted by molar-refractivity contribution is 5.82. The second kappa shape index (κ2) is 5.69. The quantitative estimate of drug-likeness (QED) is 0.761. The van der Waals surface area contributed by atoms with Crippen molar-refractivity contribution in [3.05, 3.63) is 29.3 Å². The molecule has 0 fully saturated rings. The summed E-state index contributed by atoms with van der Waals surface area (Å²) in [6.45, 7) is 8.17. The molecule has 0 aliphatic heterocycles. The molecule has 0 radical (unpaired) electrons. The van der Waals surface area contributed by atoms with Crippen LogP contribution in [0.3, 0.4) is 0 Å². The molecule has 1 unspecified atom stereocenters. The molecule has 0 spiro atoms. The number of benzene rings is 1. The molecule has 0 saturated carbocycles. The van der Waals surface area contributed by atoms with Gasteiger partial charge in [-0.05, 0) is 31.9 Å². The fraction of sp³-hybridized carbons (Fsp3) is 0.500. The van der Waals surface area contributed by atoms with Gasteiger partial charge in [-0.15, -0.1) is 0 Å². The van der Waals surface area contributed by atoms with Crippen molar-refractivity contribution in [2.24, 2.45) is 5.92 Å². The summed E-state index contributed by atoms with van der Waals surface area (Å²) in [6.07, 6.45) is 0.870. The Morgan fingerprint density at radius 2 is 2.06 bits per heavy atom. The lowest BCUT2D eigenvalue weighted by molar-refractivity contribution is -0.124. The molecule has 0 N–H and O–H groups in total. The predicted octanol–water partition coefficient (Wildman–Crippen LogP) is 3.30. The molecule has 2 heteroatoms. The lowest BCUT2D eigenvalue weighted by Gasteiger charge is -2.11. The Balaban J connectivity index is 2.58. The number of ether oxygens (including phenoxy) is 1. The van der Waals surface area contributed by atoms with Gasteiger partial charge in [-0.25, -0.2) is 0 Å². The number of ketones is 1. The summed E-state index contributed by atoms with van der Waals surface area (Å²) < 4.78 is 5.53. The summed E-state index contributed by atoms with van der Waals surface area (Å²) in [5, 5.41) is 0. The SMILES string of the molecule is CCC(C)C(=O)COc1ccc(C)cc1C. The smallest absolute Gasteiger partial charge is 0.172 e. The Morgan fingerprint density at radius 3 is 2.62 bits per heavy atom. The minimum absolute atomic E-state index is 0.0887. The number of aryl methyl sites for hydroxylation is 2. The zero-order chi connectivity index (χ0) is 12.1. The molecule has 0 saturated heterocycles. The number of carbonyl (C=O) groups is 1. The zero-order valence-corrected chi connectivity index (χ0v) is 10.5. The van der Waals surface area contributed by atoms with Gasteiger partial charge in [0.25, 0.3) is 0 Å². The molecular formula is C14H20O2. The molecule has 0 aliphatic carbocycles. The maximum absolute atomic E-state index is 11.6. The van der Waals surface area contributed by atoms with Crippen LogP contribution in [-0.4, -0.2) is 12.4 Å². The molecule has 0 amide bonds. The molecular weight excluding hydrogens is 200 g/mol. The van der Waals surface area contributed by atoms with Gasteiger partial charge >= 0.3 is 0 Å². The Morgan fingerprint density at radius 1 is 1.38 bits per heavy atom. The van der Waals surface area contributed by atoms with Crippen LogP contribution in [0.2, 0.25) is 0 Å². The van der Waals surface area contributed by atoms with E-state index in [2.05, 4.69) is 6.07 Å². The van der Waals surface area contributed by atoms with E-state index < -0.39 is 0 Å². The maximum atomic E-state index is 11.6. The standard InChI is InChI=1S/C14H20O2/c1-5-11(3)13(15)9-16-14-7-6-10(2)8-12(14)4/h6-8,11H,5,9H2,1-4H3. The minimum Gasteiger partial charge on any atom is -0.486 e. The normalized spacial score (nSPS) is 12.2. The van der Waals surface area contributed by atoms with Crippen molar-refractivity contribution in [3.8, 4) is 5.75 Å². The Kier molecular flexibility index (Phi) is 4.53. The number of rotatable bonds is 5. The second-order valence-electron chi connectivity index (χ2n) is 4.33. The van der Waals surface area contributed by atoms with E-state index in [1.807, 2.05) is 39.8 Å². The molecule has 88 valence electrons. The van der Waals surface area contributed by atoms with Crippen LogP contribution in [-0.2, 0) is 4.79 Å². The van der Waals surface area contributed by atoms with Crippen molar-refractivity contribution in [1.82, 2.24) is 0 Å². The molecule has 1 aromatic rings. The van der Waals surface area contributed by atoms with Crippen LogP contribution in [0.25, 0.3) is 0 Å². The van der Waals surface area contributed by atoms with Gasteiger partial charge in [0.2, 0.25) is 0 Å². The van der Waals surface area contributed by atoms with Crippen LogP contribution in [0.15, 0.2) is 18.2 Å². The van der Waals surface area contributed by atoms with Crippen LogP contribution < -0.4 is 4.74 Å². The van der Waals surface area contributed by atoms with Crippen molar-refractivity contribution < 1.29 is 9.53 Å². The Bertz CT molecular complexity index is 369. The van der Waals surface area contributed by atoms with Gasteiger partial charge in [0.05, 0.1) is 0 Å². The zero-order valence-electron chi connectivity index (χ0n) is 10.5. The average Bonchev–Trinajstić information content (AvgIpc) is 2.26. The molecule has 0 bridgehead atoms. The van der Waals surface area contributed by atoms with Gasteiger partial charge in [-0.1, -0.05) is 31.5 Å². The topological polar surface area (TPSA) is 26.3 Å². The fourth-order valence-electron chi connectivity index (χ4n) is 1.48. The number of carbonyl (C=O) groups excluding carboxylic acids is 1. The van der Waals surface area contributed by atoms with Crippen molar-refractivity contribution >= 4 is 5.78 Å². The molecule has 0 aliphatic rings. The first-order valence-corrected chi connectivity index (χ1v) is 5.77. The van der Waals surface area contributed by atoms with E-state index in [0.29, 0.717) is 0 Å². The third-order valence-electron chi connectivity index (χ3n) is 2.86. The van der Waals surface area contributed by atoms with Gasteiger partial charge < -0.3 is 4.74 Å². The van der Waals surface area contributed by atoms with Crippen LogP contribution in [0.5, 0.6) is 5.75 Å². The number of hydrogen-bond acceptors (Lipinski definition) is 2. The third kappa shape index (κ3) is 3.37. The first-order valence-electron chi connectivity index (χ1n) is 5.77. The number of hydrogen-bond donors (Lipinski definition) is 0. The maximum Gasteiger partial charge on any atom is 0.172 e. The average molecular weight is 220 g/mol. The molecule has 1 aromatic carbocycles. The van der Waals surface area contributed by atoms with Gasteiger partial charge in [-0.2, -0.15) is 0 Å².